The van der Waals surface area contributed by atoms with Crippen LogP contribution in [0.2, 0.25) is 0 Å². The molecule has 0 spiro atoms. The standard InChI is InChI=1S/C47H28N4O/c1-2-13-30(14-3-1)45-48-46(50-47(49-45)38-23-12-22-37-35-20-7-9-26-42(35)52-44(37)38)32-27-31-15-4-5-18-33(31)41(28-32)51-39-24-8-6-19-34(39)36-21-10-16-29-17-11-25-40(51)43(29)36/h1-28H. The van der Waals surface area contributed by atoms with Gasteiger partial charge in [-0.1, -0.05) is 133 Å². The van der Waals surface area contributed by atoms with Crippen molar-refractivity contribution in [1.29, 1.82) is 0 Å². The van der Waals surface area contributed by atoms with Crippen molar-refractivity contribution in [2.24, 2.45) is 0 Å². The smallest absolute Gasteiger partial charge is 0.167 e. The monoisotopic (exact) mass is 664 g/mol. The van der Waals surface area contributed by atoms with Gasteiger partial charge in [0.25, 0.3) is 0 Å². The normalized spacial score (nSPS) is 12.2. The summed E-state index contributed by atoms with van der Waals surface area (Å²) in [5, 5.41) is 6.79. The summed E-state index contributed by atoms with van der Waals surface area (Å²) in [6, 6.07) is 59.3. The maximum Gasteiger partial charge on any atom is 0.167 e. The van der Waals surface area contributed by atoms with Crippen LogP contribution in [0.25, 0.3) is 88.8 Å². The Morgan fingerprint density at radius 3 is 1.90 bits per heavy atom. The Morgan fingerprint density at radius 1 is 0.385 bits per heavy atom. The molecule has 3 heterocycles. The molecule has 242 valence electrons. The van der Waals surface area contributed by atoms with Gasteiger partial charge < -0.3 is 9.32 Å². The SMILES string of the molecule is c1ccc(-c2nc(-c3cc(N4c5ccccc5-c5cccc6cccc4c56)c4ccccc4c3)nc(-c3cccc4c3oc3ccccc34)n2)cc1. The first-order chi connectivity index (χ1) is 25.8. The molecule has 1 aliphatic rings. The van der Waals surface area contributed by atoms with Crippen molar-refractivity contribution in [3.63, 3.8) is 0 Å². The Balaban J connectivity index is 1.19. The van der Waals surface area contributed by atoms with Crippen molar-refractivity contribution >= 4 is 60.5 Å². The summed E-state index contributed by atoms with van der Waals surface area (Å²) in [7, 11) is 0. The maximum atomic E-state index is 6.47. The van der Waals surface area contributed by atoms with Crippen LogP contribution in [0.5, 0.6) is 0 Å². The molecule has 2 aromatic heterocycles. The molecule has 0 amide bonds. The highest BCUT2D eigenvalue weighted by molar-refractivity contribution is 6.16. The van der Waals surface area contributed by atoms with E-state index in [9.17, 15) is 0 Å². The van der Waals surface area contributed by atoms with E-state index >= 15 is 0 Å². The second-order valence-corrected chi connectivity index (χ2v) is 13.2. The zero-order chi connectivity index (χ0) is 34.2. The zero-order valence-electron chi connectivity index (χ0n) is 27.9. The summed E-state index contributed by atoms with van der Waals surface area (Å²) in [5.41, 5.74) is 10.0. The van der Waals surface area contributed by atoms with Gasteiger partial charge >= 0.3 is 0 Å². The van der Waals surface area contributed by atoms with Crippen LogP contribution in [0.1, 0.15) is 0 Å². The molecule has 0 fully saturated rings. The molecule has 0 bridgehead atoms. The number of furan rings is 1. The summed E-state index contributed by atoms with van der Waals surface area (Å²) in [6.07, 6.45) is 0. The van der Waals surface area contributed by atoms with Gasteiger partial charge in [0.1, 0.15) is 11.2 Å². The fraction of sp³-hybridized carbons (Fsp3) is 0. The molecule has 52 heavy (non-hydrogen) atoms. The number of nitrogens with zero attached hydrogens (tertiary/aromatic N) is 4. The van der Waals surface area contributed by atoms with Crippen LogP contribution >= 0.6 is 0 Å². The van der Waals surface area contributed by atoms with E-state index in [1.807, 2.05) is 60.7 Å². The summed E-state index contributed by atoms with van der Waals surface area (Å²) >= 11 is 0. The molecule has 0 N–H and O–H groups in total. The van der Waals surface area contributed by atoms with Crippen LogP contribution in [-0.4, -0.2) is 15.0 Å². The molecule has 0 saturated carbocycles. The molecule has 5 heteroatoms. The minimum atomic E-state index is 0.560. The minimum Gasteiger partial charge on any atom is -0.455 e. The lowest BCUT2D eigenvalue weighted by atomic mass is 9.90. The largest absolute Gasteiger partial charge is 0.455 e. The lowest BCUT2D eigenvalue weighted by Crippen LogP contribution is -2.15. The Hall–Kier alpha value is -7.11. The Kier molecular flexibility index (Phi) is 6.18. The van der Waals surface area contributed by atoms with Crippen LogP contribution < -0.4 is 4.90 Å². The van der Waals surface area contributed by atoms with Crippen LogP contribution in [0.15, 0.2) is 174 Å². The molecule has 8 aromatic carbocycles. The van der Waals surface area contributed by atoms with E-state index in [1.165, 1.54) is 21.9 Å². The van der Waals surface area contributed by atoms with Gasteiger partial charge in [-0.25, -0.2) is 15.0 Å². The van der Waals surface area contributed by atoms with Crippen molar-refractivity contribution in [3.05, 3.63) is 170 Å². The number of para-hydroxylation sites is 3. The van der Waals surface area contributed by atoms with Gasteiger partial charge in [0, 0.05) is 38.2 Å². The Bertz CT molecular complexity index is 3030. The van der Waals surface area contributed by atoms with E-state index in [-0.39, 0.29) is 0 Å². The highest BCUT2D eigenvalue weighted by atomic mass is 16.3. The molecule has 11 rings (SSSR count). The van der Waals surface area contributed by atoms with Gasteiger partial charge in [-0.05, 0) is 52.7 Å². The molecular weight excluding hydrogens is 637 g/mol. The third-order valence-corrected chi connectivity index (χ3v) is 10.2. The van der Waals surface area contributed by atoms with Gasteiger partial charge in [0.05, 0.1) is 22.6 Å². The van der Waals surface area contributed by atoms with Crippen molar-refractivity contribution in [1.82, 2.24) is 15.0 Å². The molecule has 5 nitrogen and oxygen atoms in total. The Labute approximate surface area is 299 Å². The molecular formula is C47H28N4O. The van der Waals surface area contributed by atoms with Gasteiger partial charge in [0.15, 0.2) is 17.5 Å². The summed E-state index contributed by atoms with van der Waals surface area (Å²) in [5.74, 6) is 1.75. The fourth-order valence-electron chi connectivity index (χ4n) is 7.89. The summed E-state index contributed by atoms with van der Waals surface area (Å²) in [6.45, 7) is 0. The van der Waals surface area contributed by atoms with Gasteiger partial charge in [-0.2, -0.15) is 0 Å². The summed E-state index contributed by atoms with van der Waals surface area (Å²) < 4.78 is 6.47. The number of aromatic nitrogens is 3. The molecule has 1 aliphatic heterocycles. The highest BCUT2D eigenvalue weighted by Gasteiger charge is 2.27. The van der Waals surface area contributed by atoms with Crippen LogP contribution in [0.3, 0.4) is 0 Å². The lowest BCUT2D eigenvalue weighted by Gasteiger charge is -2.34. The van der Waals surface area contributed by atoms with Crippen molar-refractivity contribution < 1.29 is 4.42 Å². The quantitative estimate of drug-likeness (QED) is 0.187. The lowest BCUT2D eigenvalue weighted by molar-refractivity contribution is 0.669. The van der Waals surface area contributed by atoms with E-state index in [0.717, 1.165) is 66.5 Å². The molecule has 0 saturated heterocycles. The Morgan fingerprint density at radius 2 is 1.00 bits per heavy atom. The van der Waals surface area contributed by atoms with Crippen LogP contribution in [-0.2, 0) is 0 Å². The fourth-order valence-corrected chi connectivity index (χ4v) is 7.89. The van der Waals surface area contributed by atoms with Gasteiger partial charge in [-0.3, -0.25) is 0 Å². The second-order valence-electron chi connectivity index (χ2n) is 13.2. The number of fused-ring (bicyclic) bond motifs is 6. The van der Waals surface area contributed by atoms with E-state index in [0.29, 0.717) is 17.5 Å². The number of anilines is 3. The third kappa shape index (κ3) is 4.33. The first kappa shape index (κ1) is 28.7. The van der Waals surface area contributed by atoms with E-state index in [1.54, 1.807) is 0 Å². The second kappa shape index (κ2) is 11.2. The van der Waals surface area contributed by atoms with Gasteiger partial charge in [-0.15, -0.1) is 0 Å². The average Bonchev–Trinajstić information content (AvgIpc) is 3.60. The number of hydrogen-bond donors (Lipinski definition) is 0. The topological polar surface area (TPSA) is 55.1 Å². The molecule has 0 unspecified atom stereocenters. The van der Waals surface area contributed by atoms with E-state index < -0.39 is 0 Å². The van der Waals surface area contributed by atoms with Crippen LogP contribution in [0.4, 0.5) is 17.1 Å². The van der Waals surface area contributed by atoms with Gasteiger partial charge in [0.2, 0.25) is 0 Å². The predicted octanol–water partition coefficient (Wildman–Crippen LogP) is 12.5. The average molecular weight is 665 g/mol. The molecule has 0 radical (unpaired) electrons. The number of benzene rings is 8. The predicted molar refractivity (Wildman–Crippen MR) is 212 cm³/mol. The summed E-state index contributed by atoms with van der Waals surface area (Å²) in [4.78, 5) is 17.9. The van der Waals surface area contributed by atoms with Crippen LogP contribution in [0, 0.1) is 0 Å². The van der Waals surface area contributed by atoms with E-state index in [4.69, 9.17) is 19.4 Å². The highest BCUT2D eigenvalue weighted by Crippen LogP contribution is 2.52. The molecule has 10 aromatic rings. The third-order valence-electron chi connectivity index (χ3n) is 10.2. The van der Waals surface area contributed by atoms with E-state index in [2.05, 4.69) is 114 Å². The minimum absolute atomic E-state index is 0.560. The first-order valence-electron chi connectivity index (χ1n) is 17.5. The molecule has 0 atom stereocenters. The van der Waals surface area contributed by atoms with Crippen molar-refractivity contribution in [2.75, 3.05) is 4.90 Å². The maximum absolute atomic E-state index is 6.47. The van der Waals surface area contributed by atoms with Crippen molar-refractivity contribution in [2.45, 2.75) is 0 Å². The zero-order valence-corrected chi connectivity index (χ0v) is 27.9. The number of rotatable bonds is 4. The number of hydrogen-bond acceptors (Lipinski definition) is 5. The molecule has 0 aliphatic carbocycles. The van der Waals surface area contributed by atoms with Crippen molar-refractivity contribution in [3.8, 4) is 45.3 Å². The first-order valence-corrected chi connectivity index (χ1v) is 17.5.